The van der Waals surface area contributed by atoms with Crippen LogP contribution < -0.4 is 0 Å². The summed E-state index contributed by atoms with van der Waals surface area (Å²) in [6, 6.07) is 66.7. The highest BCUT2D eigenvalue weighted by atomic mass is 15.1. The third-order valence-electron chi connectivity index (χ3n) is 19.4. The van der Waals surface area contributed by atoms with E-state index in [-0.39, 0.29) is 45.9 Å². The zero-order valence-electron chi connectivity index (χ0n) is 63.0. The van der Waals surface area contributed by atoms with Crippen molar-refractivity contribution in [3.63, 3.8) is 0 Å². The van der Waals surface area contributed by atoms with Gasteiger partial charge in [0.1, 0.15) is 44.8 Å². The van der Waals surface area contributed by atoms with Crippen molar-refractivity contribution in [2.75, 3.05) is 0 Å². The standard InChI is InChI=1S/C96H74N16/c1-57-9-25-65(26-10-57)41-49-73-74(50-42-66-27-11-58(2)12-28-66)98-82-81(97-73)89-105-90(82)110-92-85-86(102-78(54-46-70-35-19-62(6)20-36-70)77(101-85)53-45-69-33-17-61(5)18-34-69)94(107-92)112-96-88-87(103-79(55-47-71-37-21-63(7)22-38-71)80(104-88)56-48-72-39-23-64(8)24-40-72)95(108-96)111-93-84-83(91(106-93)109-89)99-75(51-43-67-29-13-59(3)14-30-67)76(100-84)52-44-68-31-15-60(4)16-32-68/h9-56H,1-8H3,(H2,105,106,107,108,109,110,111,112)/b49-41+,50-42+,51-43+,52-44+,53-45+,54-46+,55-47+,56-48+. The number of aromatic nitrogens is 16. The first-order valence-corrected chi connectivity index (χ1v) is 37.1. The lowest BCUT2D eigenvalue weighted by atomic mass is 10.1. The largest absolute Gasteiger partial charge is 0.321 e. The van der Waals surface area contributed by atoms with Crippen LogP contribution in [-0.4, -0.2) is 79.7 Å². The van der Waals surface area contributed by atoms with Crippen LogP contribution in [-0.2, 0) is 0 Å². The molecule has 8 aromatic carbocycles. The minimum atomic E-state index is 0.183. The fourth-order valence-corrected chi connectivity index (χ4v) is 12.9. The fourth-order valence-electron chi connectivity index (χ4n) is 12.9. The van der Waals surface area contributed by atoms with Crippen molar-refractivity contribution in [1.29, 1.82) is 0 Å². The number of H-pyrrole nitrogens is 2. The van der Waals surface area contributed by atoms with Crippen LogP contribution in [0.25, 0.3) is 188 Å². The summed E-state index contributed by atoms with van der Waals surface area (Å²) >= 11 is 0. The minimum absolute atomic E-state index is 0.183. The van der Waals surface area contributed by atoms with Gasteiger partial charge in [-0.15, -0.1) is 0 Å². The molecule has 0 atom stereocenters. The molecule has 2 aliphatic rings. The average Bonchev–Trinajstić information content (AvgIpc) is 1.59. The molecule has 0 aliphatic carbocycles. The molecule has 16 heteroatoms. The minimum Gasteiger partial charge on any atom is -0.321 e. The van der Waals surface area contributed by atoms with E-state index in [4.69, 9.17) is 69.8 Å². The predicted molar refractivity (Wildman–Crippen MR) is 459 cm³/mol. The van der Waals surface area contributed by atoms with E-state index in [1.807, 2.05) is 97.2 Å². The highest BCUT2D eigenvalue weighted by Crippen LogP contribution is 2.38. The first-order chi connectivity index (χ1) is 54.6. The Kier molecular flexibility index (Phi) is 19.2. The molecule has 0 radical (unpaired) electrons. The Balaban J connectivity index is 0.988. The van der Waals surface area contributed by atoms with Crippen molar-refractivity contribution in [2.24, 2.45) is 0 Å². The molecule has 17 rings (SSSR count). The van der Waals surface area contributed by atoms with Gasteiger partial charge in [0.05, 0.1) is 45.6 Å². The number of nitrogens with zero attached hydrogens (tertiary/aromatic N) is 14. The second-order valence-corrected chi connectivity index (χ2v) is 28.3. The van der Waals surface area contributed by atoms with Crippen molar-refractivity contribution < 1.29 is 0 Å². The Labute approximate surface area is 648 Å². The maximum absolute atomic E-state index is 5.53. The van der Waals surface area contributed by atoms with Gasteiger partial charge in [0, 0.05) is 0 Å². The van der Waals surface area contributed by atoms with Crippen LogP contribution in [0.5, 0.6) is 0 Å². The van der Waals surface area contributed by atoms with E-state index in [9.17, 15) is 0 Å². The van der Waals surface area contributed by atoms with Crippen molar-refractivity contribution in [3.8, 4) is 46.1 Å². The summed E-state index contributed by atoms with van der Waals surface area (Å²) in [5, 5.41) is 0. The van der Waals surface area contributed by atoms with Crippen LogP contribution in [0.1, 0.15) is 135 Å². The monoisotopic (exact) mass is 1450 g/mol. The van der Waals surface area contributed by atoms with E-state index in [1.165, 1.54) is 0 Å². The Bertz CT molecular complexity index is 5820. The number of rotatable bonds is 16. The van der Waals surface area contributed by atoms with Crippen molar-refractivity contribution in [3.05, 3.63) is 329 Å². The van der Waals surface area contributed by atoms with Gasteiger partial charge >= 0.3 is 0 Å². The molecule has 538 valence electrons. The summed E-state index contributed by atoms with van der Waals surface area (Å²) in [7, 11) is 0. The zero-order valence-corrected chi connectivity index (χ0v) is 63.0. The third-order valence-corrected chi connectivity index (χ3v) is 19.4. The molecule has 0 fully saturated rings. The van der Waals surface area contributed by atoms with Crippen LogP contribution in [0.4, 0.5) is 0 Å². The molecule has 0 saturated heterocycles. The summed E-state index contributed by atoms with van der Waals surface area (Å²) < 4.78 is 0. The van der Waals surface area contributed by atoms with E-state index >= 15 is 0 Å². The van der Waals surface area contributed by atoms with Gasteiger partial charge in [-0.1, -0.05) is 287 Å². The maximum Gasteiger partial charge on any atom is 0.184 e. The molecule has 0 unspecified atom stereocenters. The lowest BCUT2D eigenvalue weighted by Gasteiger charge is -2.05. The SMILES string of the molecule is Cc1ccc(/C=C/c2nc3c(nc2/C=C/c2ccc(C)cc2)-c2nc-3nc3[nH]c(nc4nc(nc5[nH]c(n2)c2nc(/C=C/c6ccc(C)cc6)c(/C=C/c6ccc(C)cc6)nc52)-c2nc(/C=C/c5ccc(C)cc5)c(/C=C/c5ccc(C)cc5)nc2-4)c2nc(/C=C/c4ccc(C)cc4)c(/C=C/c4ccc(C)cc4)nc32)cc1. The summed E-state index contributed by atoms with van der Waals surface area (Å²) in [4.78, 5) is 84.2. The van der Waals surface area contributed by atoms with Crippen LogP contribution in [0.3, 0.4) is 0 Å². The Morgan fingerprint density at radius 1 is 0.161 bits per heavy atom. The van der Waals surface area contributed by atoms with Crippen LogP contribution in [0, 0.1) is 55.4 Å². The van der Waals surface area contributed by atoms with Gasteiger partial charge in [0.15, 0.2) is 45.9 Å². The number of aromatic amines is 2. The first-order valence-electron chi connectivity index (χ1n) is 37.1. The van der Waals surface area contributed by atoms with E-state index in [0.717, 1.165) is 89.0 Å². The summed E-state index contributed by atoms with van der Waals surface area (Å²) in [6.07, 6.45) is 32.0. The lowest BCUT2D eigenvalue weighted by molar-refractivity contribution is 1.16. The average molecular weight is 1450 g/mol. The van der Waals surface area contributed by atoms with Gasteiger partial charge in [-0.3, -0.25) is 0 Å². The highest BCUT2D eigenvalue weighted by Gasteiger charge is 2.29. The van der Waals surface area contributed by atoms with Crippen LogP contribution in [0.15, 0.2) is 194 Å². The molecule has 9 heterocycles. The lowest BCUT2D eigenvalue weighted by Crippen LogP contribution is -1.98. The number of hydrogen-bond donors (Lipinski definition) is 2. The fraction of sp³-hybridized carbons (Fsp3) is 0.0833. The van der Waals surface area contributed by atoms with Crippen molar-refractivity contribution >= 4 is 142 Å². The molecular formula is C96H74N16. The van der Waals surface area contributed by atoms with Gasteiger partial charge in [0.2, 0.25) is 0 Å². The molecule has 0 saturated carbocycles. The number of hydrogen-bond acceptors (Lipinski definition) is 14. The number of fused-ring (bicyclic) bond motifs is 20. The smallest absolute Gasteiger partial charge is 0.184 e. The molecule has 2 N–H and O–H groups in total. The molecule has 7 aromatic heterocycles. The van der Waals surface area contributed by atoms with Gasteiger partial charge in [0.25, 0.3) is 0 Å². The normalized spacial score (nSPS) is 12.4. The van der Waals surface area contributed by atoms with E-state index in [0.29, 0.717) is 90.4 Å². The second kappa shape index (κ2) is 30.5. The molecule has 16 nitrogen and oxygen atoms in total. The van der Waals surface area contributed by atoms with E-state index < -0.39 is 0 Å². The second-order valence-electron chi connectivity index (χ2n) is 28.3. The molecule has 15 aromatic rings. The van der Waals surface area contributed by atoms with Gasteiger partial charge in [-0.05, 0) is 149 Å². The maximum atomic E-state index is 5.53. The summed E-state index contributed by atoms with van der Waals surface area (Å²) in [6.45, 7) is 16.6. The van der Waals surface area contributed by atoms with Gasteiger partial charge < -0.3 is 9.97 Å². The van der Waals surface area contributed by atoms with Crippen LogP contribution in [0.2, 0.25) is 0 Å². The number of benzene rings is 8. The Morgan fingerprint density at radius 3 is 0.455 bits per heavy atom. The molecule has 8 bridgehead atoms. The Hall–Kier alpha value is -14.6. The summed E-state index contributed by atoms with van der Waals surface area (Å²) in [5.74, 6) is 0.731. The van der Waals surface area contributed by atoms with Gasteiger partial charge in [-0.2, -0.15) is 0 Å². The number of nitrogens with one attached hydrogen (secondary N) is 2. The van der Waals surface area contributed by atoms with Crippen molar-refractivity contribution in [2.45, 2.75) is 55.4 Å². The summed E-state index contributed by atoms with van der Waals surface area (Å²) in [5.41, 5.74) is 25.4. The Morgan fingerprint density at radius 2 is 0.304 bits per heavy atom. The molecule has 0 amide bonds. The number of aryl methyl sites for hydroxylation is 8. The first kappa shape index (κ1) is 70.3. The predicted octanol–water partition coefficient (Wildman–Crippen LogP) is 21.9. The molecule has 112 heavy (non-hydrogen) atoms. The zero-order chi connectivity index (χ0) is 76.3. The van der Waals surface area contributed by atoms with E-state index in [1.54, 1.807) is 0 Å². The van der Waals surface area contributed by atoms with E-state index in [2.05, 4.69) is 259 Å². The highest BCUT2D eigenvalue weighted by molar-refractivity contribution is 6.03. The molecular weight excluding hydrogens is 1380 g/mol. The quantitative estimate of drug-likeness (QED) is 0.0921. The van der Waals surface area contributed by atoms with Crippen molar-refractivity contribution in [1.82, 2.24) is 79.7 Å². The molecule has 0 spiro atoms. The topological polar surface area (TPSA) is 212 Å². The molecule has 2 aliphatic heterocycles. The van der Waals surface area contributed by atoms with Crippen LogP contribution >= 0.6 is 0 Å². The third kappa shape index (κ3) is 15.6. The van der Waals surface area contributed by atoms with Gasteiger partial charge in [-0.25, -0.2) is 69.8 Å².